The Bertz CT molecular complexity index is 243. The molecule has 0 unspecified atom stereocenters. The van der Waals surface area contributed by atoms with Gasteiger partial charge in [0.1, 0.15) is 6.61 Å². The van der Waals surface area contributed by atoms with Gasteiger partial charge >= 0.3 is 17.9 Å². The lowest BCUT2D eigenvalue weighted by Gasteiger charge is -2.22. The average Bonchev–Trinajstić information content (AvgIpc) is 2.04. The summed E-state index contributed by atoms with van der Waals surface area (Å²) in [5.74, 6) is -4.85. The Hall–Kier alpha value is -1.63. The third-order valence-corrected chi connectivity index (χ3v) is 1.63. The van der Waals surface area contributed by atoms with E-state index < -0.39 is 30.1 Å². The van der Waals surface area contributed by atoms with E-state index in [4.69, 9.17) is 15.3 Å². The largest absolute Gasteiger partial charge is 0.480 e. The molecule has 0 bridgehead atoms. The molecule has 80 valence electrons. The maximum absolute atomic E-state index is 10.6. The van der Waals surface area contributed by atoms with Gasteiger partial charge in [-0.05, 0) is 6.42 Å². The van der Waals surface area contributed by atoms with E-state index in [1.165, 1.54) is 6.92 Å². The Morgan fingerprint density at radius 2 is 1.57 bits per heavy atom. The van der Waals surface area contributed by atoms with Crippen molar-refractivity contribution >= 4 is 17.9 Å². The van der Waals surface area contributed by atoms with E-state index in [0.717, 1.165) is 0 Å². The zero-order valence-corrected chi connectivity index (χ0v) is 7.39. The van der Waals surface area contributed by atoms with Gasteiger partial charge in [0, 0.05) is 0 Å². The topological polar surface area (TPSA) is 121 Å². The second-order valence-corrected chi connectivity index (χ2v) is 2.47. The summed E-state index contributed by atoms with van der Waals surface area (Å²) in [6.45, 7) is 0.316. The van der Waals surface area contributed by atoms with Gasteiger partial charge in [0.2, 0.25) is 0 Å². The summed E-state index contributed by atoms with van der Waals surface area (Å²) in [7, 11) is 0. The SMILES string of the molecule is CCC(OCC(=O)O)(C(=O)O)C(=O)O. The molecular formula is C7H10O7. The summed E-state index contributed by atoms with van der Waals surface area (Å²) < 4.78 is 4.36. The zero-order chi connectivity index (χ0) is 11.4. The molecule has 0 saturated carbocycles. The summed E-state index contributed by atoms with van der Waals surface area (Å²) in [5.41, 5.74) is -2.47. The molecule has 0 aliphatic rings. The zero-order valence-electron chi connectivity index (χ0n) is 7.39. The number of rotatable bonds is 6. The van der Waals surface area contributed by atoms with Gasteiger partial charge in [0.05, 0.1) is 0 Å². The van der Waals surface area contributed by atoms with Crippen LogP contribution in [0.3, 0.4) is 0 Å². The third-order valence-electron chi connectivity index (χ3n) is 1.63. The molecule has 0 aliphatic carbocycles. The smallest absolute Gasteiger partial charge is 0.347 e. The molecule has 7 heteroatoms. The minimum Gasteiger partial charge on any atom is -0.480 e. The number of aliphatic carboxylic acids is 3. The summed E-state index contributed by atoms with van der Waals surface area (Å²) in [6.07, 6.45) is -0.356. The van der Waals surface area contributed by atoms with Crippen LogP contribution in [0, 0.1) is 0 Å². The number of carbonyl (C=O) groups is 3. The van der Waals surface area contributed by atoms with Crippen LogP contribution in [-0.2, 0) is 19.1 Å². The van der Waals surface area contributed by atoms with Crippen LogP contribution in [0.2, 0.25) is 0 Å². The van der Waals surface area contributed by atoms with Crippen molar-refractivity contribution in [2.75, 3.05) is 6.61 Å². The van der Waals surface area contributed by atoms with Gasteiger partial charge in [-0.15, -0.1) is 0 Å². The molecule has 0 atom stereocenters. The number of carboxylic acid groups (broad SMARTS) is 3. The highest BCUT2D eigenvalue weighted by atomic mass is 16.6. The molecule has 0 radical (unpaired) electrons. The number of hydrogen-bond acceptors (Lipinski definition) is 4. The van der Waals surface area contributed by atoms with E-state index in [-0.39, 0.29) is 6.42 Å². The van der Waals surface area contributed by atoms with E-state index in [1.807, 2.05) is 0 Å². The molecule has 0 aliphatic heterocycles. The first-order valence-corrected chi connectivity index (χ1v) is 3.69. The Labute approximate surface area is 78.9 Å². The lowest BCUT2D eigenvalue weighted by Crippen LogP contribution is -2.49. The fraction of sp³-hybridized carbons (Fsp3) is 0.571. The fourth-order valence-corrected chi connectivity index (χ4v) is 0.804. The van der Waals surface area contributed by atoms with Crippen LogP contribution in [0.4, 0.5) is 0 Å². The monoisotopic (exact) mass is 206 g/mol. The Morgan fingerprint density at radius 1 is 1.14 bits per heavy atom. The molecule has 0 heterocycles. The number of carboxylic acids is 3. The highest BCUT2D eigenvalue weighted by Crippen LogP contribution is 2.16. The molecule has 0 spiro atoms. The summed E-state index contributed by atoms with van der Waals surface area (Å²) in [5, 5.41) is 25.4. The van der Waals surface area contributed by atoms with Gasteiger partial charge in [-0.2, -0.15) is 0 Å². The third kappa shape index (κ3) is 2.43. The molecule has 0 saturated heterocycles. The minimum atomic E-state index is -2.47. The maximum Gasteiger partial charge on any atom is 0.347 e. The van der Waals surface area contributed by atoms with Crippen molar-refractivity contribution in [1.82, 2.24) is 0 Å². The number of hydrogen-bond donors (Lipinski definition) is 3. The van der Waals surface area contributed by atoms with E-state index in [9.17, 15) is 14.4 Å². The molecule has 0 aromatic carbocycles. The van der Waals surface area contributed by atoms with Gasteiger partial charge in [0.25, 0.3) is 5.60 Å². The second kappa shape index (κ2) is 4.56. The highest BCUT2D eigenvalue weighted by Gasteiger charge is 2.46. The molecule has 0 amide bonds. The van der Waals surface area contributed by atoms with Crippen LogP contribution in [0.25, 0.3) is 0 Å². The van der Waals surface area contributed by atoms with Gasteiger partial charge < -0.3 is 20.1 Å². The Kier molecular flexibility index (Phi) is 4.03. The van der Waals surface area contributed by atoms with Crippen LogP contribution < -0.4 is 0 Å². The van der Waals surface area contributed by atoms with Crippen molar-refractivity contribution in [1.29, 1.82) is 0 Å². The van der Waals surface area contributed by atoms with Crippen molar-refractivity contribution in [2.45, 2.75) is 18.9 Å². The van der Waals surface area contributed by atoms with Crippen LogP contribution in [0.1, 0.15) is 13.3 Å². The van der Waals surface area contributed by atoms with Gasteiger partial charge in [-0.1, -0.05) is 6.92 Å². The normalized spacial score (nSPS) is 10.9. The Balaban J connectivity index is 4.77. The number of ether oxygens (including phenoxy) is 1. The first-order valence-electron chi connectivity index (χ1n) is 3.69. The lowest BCUT2D eigenvalue weighted by atomic mass is 10.0. The quantitative estimate of drug-likeness (QED) is 0.496. The van der Waals surface area contributed by atoms with E-state index in [2.05, 4.69) is 4.74 Å². The molecule has 3 N–H and O–H groups in total. The van der Waals surface area contributed by atoms with Gasteiger partial charge in [-0.25, -0.2) is 14.4 Å². The average molecular weight is 206 g/mol. The van der Waals surface area contributed by atoms with Crippen molar-refractivity contribution in [2.24, 2.45) is 0 Å². The predicted octanol–water partition coefficient (Wildman–Crippen LogP) is -0.594. The van der Waals surface area contributed by atoms with Crippen LogP contribution in [-0.4, -0.2) is 45.4 Å². The van der Waals surface area contributed by atoms with E-state index >= 15 is 0 Å². The molecular weight excluding hydrogens is 196 g/mol. The maximum atomic E-state index is 10.6. The van der Waals surface area contributed by atoms with Crippen LogP contribution >= 0.6 is 0 Å². The minimum absolute atomic E-state index is 0.356. The van der Waals surface area contributed by atoms with Crippen molar-refractivity contribution in [3.63, 3.8) is 0 Å². The van der Waals surface area contributed by atoms with Crippen molar-refractivity contribution < 1.29 is 34.4 Å². The Morgan fingerprint density at radius 3 is 1.79 bits per heavy atom. The molecule has 14 heavy (non-hydrogen) atoms. The van der Waals surface area contributed by atoms with Crippen LogP contribution in [0.15, 0.2) is 0 Å². The summed E-state index contributed by atoms with van der Waals surface area (Å²) in [6, 6.07) is 0. The molecule has 0 rings (SSSR count). The molecule has 0 aromatic rings. The predicted molar refractivity (Wildman–Crippen MR) is 41.9 cm³/mol. The van der Waals surface area contributed by atoms with Crippen LogP contribution in [0.5, 0.6) is 0 Å². The van der Waals surface area contributed by atoms with Gasteiger partial charge in [-0.3, -0.25) is 0 Å². The first-order chi connectivity index (χ1) is 6.36. The second-order valence-electron chi connectivity index (χ2n) is 2.47. The van der Waals surface area contributed by atoms with E-state index in [1.54, 1.807) is 0 Å². The van der Waals surface area contributed by atoms with Crippen molar-refractivity contribution in [3.8, 4) is 0 Å². The molecule has 0 aromatic heterocycles. The van der Waals surface area contributed by atoms with E-state index in [0.29, 0.717) is 0 Å². The summed E-state index contributed by atoms with van der Waals surface area (Å²) in [4.78, 5) is 31.3. The lowest BCUT2D eigenvalue weighted by molar-refractivity contribution is -0.186. The standard InChI is InChI=1S/C7H10O7/c1-2-7(5(10)11,6(12)13)14-3-4(8)9/h2-3H2,1H3,(H,8,9)(H,10,11)(H,12,13). The summed E-state index contributed by atoms with van der Waals surface area (Å²) >= 11 is 0. The fourth-order valence-electron chi connectivity index (χ4n) is 0.804. The van der Waals surface area contributed by atoms with Crippen molar-refractivity contribution in [3.05, 3.63) is 0 Å². The molecule has 0 fully saturated rings. The molecule has 7 nitrogen and oxygen atoms in total. The first kappa shape index (κ1) is 12.4. The highest BCUT2D eigenvalue weighted by molar-refractivity contribution is 6.02. The van der Waals surface area contributed by atoms with Gasteiger partial charge in [0.15, 0.2) is 0 Å².